The lowest BCUT2D eigenvalue weighted by Crippen LogP contribution is -2.17. The van der Waals surface area contributed by atoms with Gasteiger partial charge >= 0.3 is 0 Å². The van der Waals surface area contributed by atoms with Crippen molar-refractivity contribution in [1.82, 2.24) is 0 Å². The molecule has 0 aliphatic rings. The molecule has 0 fully saturated rings. The van der Waals surface area contributed by atoms with Crippen molar-refractivity contribution < 1.29 is 8.78 Å². The normalized spacial score (nSPS) is 12.5. The van der Waals surface area contributed by atoms with Crippen molar-refractivity contribution in [3.8, 4) is 0 Å². The lowest BCUT2D eigenvalue weighted by atomic mass is 9.93. The molecule has 0 amide bonds. The van der Waals surface area contributed by atoms with E-state index in [1.807, 2.05) is 6.07 Å². The number of hydrogen-bond donors (Lipinski definition) is 1. The fourth-order valence-electron chi connectivity index (χ4n) is 2.23. The summed E-state index contributed by atoms with van der Waals surface area (Å²) in [5.41, 5.74) is 7.99. The molecule has 1 nitrogen and oxygen atoms in total. The Bertz CT molecular complexity index is 603. The summed E-state index contributed by atoms with van der Waals surface area (Å²) in [5.74, 6) is -0.916. The monoisotopic (exact) mass is 281 g/mol. The summed E-state index contributed by atoms with van der Waals surface area (Å²) < 4.78 is 27.8. The van der Waals surface area contributed by atoms with Crippen LogP contribution in [0.25, 0.3) is 0 Å². The Labute approximate surface area is 116 Å². The zero-order valence-electron chi connectivity index (χ0n) is 10.7. The highest BCUT2D eigenvalue weighted by Gasteiger charge is 2.20. The van der Waals surface area contributed by atoms with Gasteiger partial charge in [-0.05, 0) is 49.2 Å². The molecule has 0 saturated carbocycles. The maximum Gasteiger partial charge on any atom is 0.128 e. The second kappa shape index (κ2) is 5.27. The molecule has 0 bridgehead atoms. The summed E-state index contributed by atoms with van der Waals surface area (Å²) in [5, 5.41) is 0.372. The van der Waals surface area contributed by atoms with Crippen molar-refractivity contribution in [3.63, 3.8) is 0 Å². The van der Waals surface area contributed by atoms with Crippen molar-refractivity contribution in [2.24, 2.45) is 5.73 Å². The van der Waals surface area contributed by atoms with E-state index in [1.165, 1.54) is 24.3 Å². The van der Waals surface area contributed by atoms with Gasteiger partial charge in [-0.15, -0.1) is 0 Å². The summed E-state index contributed by atoms with van der Waals surface area (Å²) >= 11 is 5.84. The molecule has 0 spiro atoms. The topological polar surface area (TPSA) is 26.0 Å². The van der Waals surface area contributed by atoms with Crippen LogP contribution in [-0.4, -0.2) is 0 Å². The molecular weight excluding hydrogens is 268 g/mol. The standard InChI is InChI=1S/C15H14ClF2N/c1-8-5-9(2)14(13(18)6-8)15(19)11-7-10(16)3-4-12(11)17/h3-7,15H,19H2,1-2H3. The SMILES string of the molecule is Cc1cc(C)c(C(N)c2cc(Cl)ccc2F)c(F)c1. The van der Waals surface area contributed by atoms with E-state index in [0.717, 1.165) is 5.56 Å². The van der Waals surface area contributed by atoms with Crippen LogP contribution in [0.5, 0.6) is 0 Å². The number of benzene rings is 2. The van der Waals surface area contributed by atoms with Gasteiger partial charge in [0.05, 0.1) is 6.04 Å². The maximum absolute atomic E-state index is 14.0. The highest BCUT2D eigenvalue weighted by Crippen LogP contribution is 2.29. The van der Waals surface area contributed by atoms with Crippen molar-refractivity contribution in [2.45, 2.75) is 19.9 Å². The van der Waals surface area contributed by atoms with E-state index in [-0.39, 0.29) is 5.56 Å². The minimum absolute atomic E-state index is 0.193. The molecule has 2 aromatic carbocycles. The first kappa shape index (κ1) is 14.0. The Morgan fingerprint density at radius 3 is 2.37 bits per heavy atom. The molecule has 2 N–H and O–H groups in total. The predicted octanol–water partition coefficient (Wildman–Crippen LogP) is 4.28. The molecule has 1 unspecified atom stereocenters. The van der Waals surface area contributed by atoms with Crippen molar-refractivity contribution in [3.05, 3.63) is 69.2 Å². The first-order valence-electron chi connectivity index (χ1n) is 5.87. The average molecular weight is 282 g/mol. The highest BCUT2D eigenvalue weighted by atomic mass is 35.5. The van der Waals surface area contributed by atoms with E-state index in [2.05, 4.69) is 0 Å². The van der Waals surface area contributed by atoms with Crippen LogP contribution in [0.4, 0.5) is 8.78 Å². The second-order valence-corrected chi connectivity index (χ2v) is 5.06. The first-order chi connectivity index (χ1) is 8.90. The molecule has 0 aliphatic heterocycles. The Kier molecular flexibility index (Phi) is 3.88. The van der Waals surface area contributed by atoms with Crippen LogP contribution in [0.15, 0.2) is 30.3 Å². The predicted molar refractivity (Wildman–Crippen MR) is 73.3 cm³/mol. The lowest BCUT2D eigenvalue weighted by Gasteiger charge is -2.17. The number of nitrogens with two attached hydrogens (primary N) is 1. The summed E-state index contributed by atoms with van der Waals surface area (Å²) in [6.07, 6.45) is 0. The fourth-order valence-corrected chi connectivity index (χ4v) is 2.41. The number of halogens is 3. The number of rotatable bonds is 2. The molecule has 0 saturated heterocycles. The highest BCUT2D eigenvalue weighted by molar-refractivity contribution is 6.30. The van der Waals surface area contributed by atoms with Crippen LogP contribution in [0.2, 0.25) is 5.02 Å². The van der Waals surface area contributed by atoms with Gasteiger partial charge in [0.25, 0.3) is 0 Å². The van der Waals surface area contributed by atoms with E-state index >= 15 is 0 Å². The summed E-state index contributed by atoms with van der Waals surface area (Å²) in [6, 6.07) is 6.44. The molecule has 100 valence electrons. The Hall–Kier alpha value is -1.45. The number of hydrogen-bond acceptors (Lipinski definition) is 1. The Balaban J connectivity index is 2.56. The van der Waals surface area contributed by atoms with Gasteiger partial charge in [-0.2, -0.15) is 0 Å². The quantitative estimate of drug-likeness (QED) is 0.873. The zero-order chi connectivity index (χ0) is 14.2. The van der Waals surface area contributed by atoms with Crippen LogP contribution >= 0.6 is 11.6 Å². The van der Waals surface area contributed by atoms with Gasteiger partial charge in [0, 0.05) is 16.1 Å². The van der Waals surface area contributed by atoms with Gasteiger partial charge in [-0.25, -0.2) is 8.78 Å². The van der Waals surface area contributed by atoms with Crippen molar-refractivity contribution in [2.75, 3.05) is 0 Å². The molecular formula is C15H14ClF2N. The van der Waals surface area contributed by atoms with Crippen LogP contribution in [0.1, 0.15) is 28.3 Å². The summed E-state index contributed by atoms with van der Waals surface area (Å²) in [7, 11) is 0. The van der Waals surface area contributed by atoms with Gasteiger partial charge in [0.1, 0.15) is 11.6 Å². The van der Waals surface area contributed by atoms with Crippen LogP contribution in [0, 0.1) is 25.5 Å². The molecule has 2 aromatic rings. The molecule has 4 heteroatoms. The van der Waals surface area contributed by atoms with Gasteiger partial charge in [-0.1, -0.05) is 17.7 Å². The van der Waals surface area contributed by atoms with E-state index in [9.17, 15) is 8.78 Å². The second-order valence-electron chi connectivity index (χ2n) is 4.62. The summed E-state index contributed by atoms with van der Waals surface area (Å²) in [6.45, 7) is 3.55. The van der Waals surface area contributed by atoms with Crippen molar-refractivity contribution >= 4 is 11.6 Å². The molecule has 1 atom stereocenters. The van der Waals surface area contributed by atoms with Crippen LogP contribution < -0.4 is 5.73 Å². The molecule has 0 heterocycles. The molecule has 19 heavy (non-hydrogen) atoms. The van der Waals surface area contributed by atoms with Crippen LogP contribution in [-0.2, 0) is 0 Å². The largest absolute Gasteiger partial charge is 0.320 e. The van der Waals surface area contributed by atoms with Gasteiger partial charge in [0.15, 0.2) is 0 Å². The average Bonchev–Trinajstić information content (AvgIpc) is 2.30. The van der Waals surface area contributed by atoms with Gasteiger partial charge < -0.3 is 5.73 Å². The van der Waals surface area contributed by atoms with E-state index in [1.54, 1.807) is 13.8 Å². The van der Waals surface area contributed by atoms with Crippen molar-refractivity contribution in [1.29, 1.82) is 0 Å². The first-order valence-corrected chi connectivity index (χ1v) is 6.25. The third-order valence-electron chi connectivity index (χ3n) is 3.08. The maximum atomic E-state index is 14.0. The fraction of sp³-hybridized carbons (Fsp3) is 0.200. The molecule has 2 rings (SSSR count). The van der Waals surface area contributed by atoms with E-state index in [4.69, 9.17) is 17.3 Å². The third-order valence-corrected chi connectivity index (χ3v) is 3.32. The summed E-state index contributed by atoms with van der Waals surface area (Å²) in [4.78, 5) is 0. The van der Waals surface area contributed by atoms with Crippen LogP contribution in [0.3, 0.4) is 0 Å². The van der Waals surface area contributed by atoms with Gasteiger partial charge in [0.2, 0.25) is 0 Å². The lowest BCUT2D eigenvalue weighted by molar-refractivity contribution is 0.573. The molecule has 0 radical (unpaired) electrons. The minimum atomic E-state index is -0.876. The zero-order valence-corrected chi connectivity index (χ0v) is 11.4. The number of aryl methyl sites for hydroxylation is 2. The Morgan fingerprint density at radius 1 is 1.05 bits per heavy atom. The van der Waals surface area contributed by atoms with E-state index in [0.29, 0.717) is 16.1 Å². The smallest absolute Gasteiger partial charge is 0.128 e. The molecule has 0 aliphatic carbocycles. The third kappa shape index (κ3) is 2.77. The van der Waals surface area contributed by atoms with E-state index < -0.39 is 17.7 Å². The Morgan fingerprint density at radius 2 is 1.74 bits per heavy atom. The minimum Gasteiger partial charge on any atom is -0.320 e. The molecule has 0 aromatic heterocycles. The van der Waals surface area contributed by atoms with Gasteiger partial charge in [-0.3, -0.25) is 0 Å².